The molecule has 0 radical (unpaired) electrons. The lowest BCUT2D eigenvalue weighted by atomic mass is 10.2. The number of likely N-dealkylation sites (N-methyl/N-ethyl adjacent to an activating group) is 1. The molecule has 0 amide bonds. The SMILES string of the molecule is CC1CN(C)CCCN1S(=O)(=O)Cc1cccc(N)c1. The van der Waals surface area contributed by atoms with Crippen molar-refractivity contribution in [3.8, 4) is 0 Å². The van der Waals surface area contributed by atoms with Crippen molar-refractivity contribution >= 4 is 15.7 Å². The van der Waals surface area contributed by atoms with Gasteiger partial charge in [-0.1, -0.05) is 12.1 Å². The molecule has 0 aliphatic carbocycles. The molecular weight excluding hydrogens is 274 g/mol. The Morgan fingerprint density at radius 1 is 1.35 bits per heavy atom. The van der Waals surface area contributed by atoms with Gasteiger partial charge in [-0.3, -0.25) is 0 Å². The van der Waals surface area contributed by atoms with Crippen LogP contribution in [0.15, 0.2) is 24.3 Å². The first-order valence-electron chi connectivity index (χ1n) is 6.91. The standard InChI is InChI=1S/C14H23N3O2S/c1-12-10-16(2)7-4-8-17(12)20(18,19)11-13-5-3-6-14(15)9-13/h3,5-6,9,12H,4,7-8,10-11,15H2,1-2H3. The molecule has 0 bridgehead atoms. The molecular formula is C14H23N3O2S. The van der Waals surface area contributed by atoms with Crippen LogP contribution in [0, 0.1) is 0 Å². The second-order valence-electron chi connectivity index (χ2n) is 5.58. The average Bonchev–Trinajstić information content (AvgIpc) is 2.49. The van der Waals surface area contributed by atoms with Crippen molar-refractivity contribution in [3.63, 3.8) is 0 Å². The number of benzene rings is 1. The maximum absolute atomic E-state index is 12.6. The molecule has 5 nitrogen and oxygen atoms in total. The second-order valence-corrected chi connectivity index (χ2v) is 7.50. The fraction of sp³-hybridized carbons (Fsp3) is 0.571. The fourth-order valence-corrected chi connectivity index (χ4v) is 4.53. The van der Waals surface area contributed by atoms with Crippen molar-refractivity contribution in [3.05, 3.63) is 29.8 Å². The number of hydrogen-bond donors (Lipinski definition) is 1. The van der Waals surface area contributed by atoms with Gasteiger partial charge in [0.05, 0.1) is 5.75 Å². The first kappa shape index (κ1) is 15.3. The molecule has 1 saturated heterocycles. The molecule has 0 aromatic heterocycles. The molecule has 1 unspecified atom stereocenters. The van der Waals surface area contributed by atoms with E-state index in [0.29, 0.717) is 12.2 Å². The molecule has 2 N–H and O–H groups in total. The van der Waals surface area contributed by atoms with E-state index in [1.54, 1.807) is 22.5 Å². The molecule has 112 valence electrons. The topological polar surface area (TPSA) is 66.6 Å². The summed E-state index contributed by atoms with van der Waals surface area (Å²) in [6.45, 7) is 4.28. The lowest BCUT2D eigenvalue weighted by Crippen LogP contribution is -2.42. The Bertz CT molecular complexity index is 559. The van der Waals surface area contributed by atoms with Crippen molar-refractivity contribution in [2.75, 3.05) is 32.4 Å². The van der Waals surface area contributed by atoms with Gasteiger partial charge in [-0.25, -0.2) is 8.42 Å². The van der Waals surface area contributed by atoms with Crippen molar-refractivity contribution in [2.45, 2.75) is 25.1 Å². The summed E-state index contributed by atoms with van der Waals surface area (Å²) in [6, 6.07) is 7.10. The third-order valence-electron chi connectivity index (χ3n) is 3.64. The Balaban J connectivity index is 2.17. The van der Waals surface area contributed by atoms with E-state index in [4.69, 9.17) is 5.73 Å². The molecule has 1 aliphatic heterocycles. The molecule has 1 aromatic carbocycles. The largest absolute Gasteiger partial charge is 0.399 e. The van der Waals surface area contributed by atoms with Gasteiger partial charge in [0.15, 0.2) is 0 Å². The Morgan fingerprint density at radius 2 is 2.10 bits per heavy atom. The number of rotatable bonds is 3. The van der Waals surface area contributed by atoms with E-state index in [-0.39, 0.29) is 11.8 Å². The average molecular weight is 297 g/mol. The van der Waals surface area contributed by atoms with Gasteiger partial charge in [0.1, 0.15) is 0 Å². The quantitative estimate of drug-likeness (QED) is 0.849. The molecule has 1 fully saturated rings. The highest BCUT2D eigenvalue weighted by Gasteiger charge is 2.29. The maximum Gasteiger partial charge on any atom is 0.218 e. The molecule has 20 heavy (non-hydrogen) atoms. The van der Waals surface area contributed by atoms with Crippen LogP contribution in [0.2, 0.25) is 0 Å². The van der Waals surface area contributed by atoms with Crippen LogP contribution < -0.4 is 5.73 Å². The zero-order chi connectivity index (χ0) is 14.8. The van der Waals surface area contributed by atoms with E-state index in [0.717, 1.165) is 25.1 Å². The summed E-state index contributed by atoms with van der Waals surface area (Å²) < 4.78 is 26.8. The first-order chi connectivity index (χ1) is 9.38. The van der Waals surface area contributed by atoms with Gasteiger partial charge in [-0.2, -0.15) is 4.31 Å². The number of nitrogens with zero attached hydrogens (tertiary/aromatic N) is 2. The fourth-order valence-electron chi connectivity index (χ4n) is 2.74. The van der Waals surface area contributed by atoms with E-state index >= 15 is 0 Å². The van der Waals surface area contributed by atoms with Crippen LogP contribution in [0.1, 0.15) is 18.9 Å². The molecule has 1 aliphatic rings. The van der Waals surface area contributed by atoms with Gasteiger partial charge in [0, 0.05) is 24.8 Å². The van der Waals surface area contributed by atoms with Crippen molar-refractivity contribution in [1.29, 1.82) is 0 Å². The summed E-state index contributed by atoms with van der Waals surface area (Å²) in [6.07, 6.45) is 0.872. The number of hydrogen-bond acceptors (Lipinski definition) is 4. The van der Waals surface area contributed by atoms with Crippen LogP contribution in [-0.2, 0) is 15.8 Å². The monoisotopic (exact) mass is 297 g/mol. The summed E-state index contributed by atoms with van der Waals surface area (Å²) >= 11 is 0. The smallest absolute Gasteiger partial charge is 0.218 e. The van der Waals surface area contributed by atoms with Gasteiger partial charge in [-0.15, -0.1) is 0 Å². The Kier molecular flexibility index (Phi) is 4.67. The van der Waals surface area contributed by atoms with E-state index in [1.165, 1.54) is 0 Å². The van der Waals surface area contributed by atoms with Crippen molar-refractivity contribution in [2.24, 2.45) is 0 Å². The van der Waals surface area contributed by atoms with Crippen LogP contribution in [-0.4, -0.2) is 50.3 Å². The van der Waals surface area contributed by atoms with Gasteiger partial charge < -0.3 is 10.6 Å². The molecule has 0 spiro atoms. The lowest BCUT2D eigenvalue weighted by molar-refractivity contribution is 0.290. The molecule has 6 heteroatoms. The van der Waals surface area contributed by atoms with Gasteiger partial charge in [0.25, 0.3) is 0 Å². The van der Waals surface area contributed by atoms with E-state index < -0.39 is 10.0 Å². The molecule has 0 saturated carbocycles. The van der Waals surface area contributed by atoms with E-state index in [1.807, 2.05) is 20.0 Å². The van der Waals surface area contributed by atoms with Crippen molar-refractivity contribution in [1.82, 2.24) is 9.21 Å². The highest BCUT2D eigenvalue weighted by atomic mass is 32.2. The first-order valence-corrected chi connectivity index (χ1v) is 8.52. The van der Waals surface area contributed by atoms with Crippen LogP contribution >= 0.6 is 0 Å². The minimum atomic E-state index is -3.30. The van der Waals surface area contributed by atoms with Crippen LogP contribution in [0.25, 0.3) is 0 Å². The maximum atomic E-state index is 12.6. The van der Waals surface area contributed by atoms with Gasteiger partial charge in [-0.05, 0) is 44.6 Å². The summed E-state index contributed by atoms with van der Waals surface area (Å²) in [5, 5.41) is 0. The molecule has 1 atom stereocenters. The summed E-state index contributed by atoms with van der Waals surface area (Å²) in [7, 11) is -1.27. The molecule has 2 rings (SSSR count). The Morgan fingerprint density at radius 3 is 2.80 bits per heavy atom. The van der Waals surface area contributed by atoms with Gasteiger partial charge in [0.2, 0.25) is 10.0 Å². The normalized spacial score (nSPS) is 22.6. The number of sulfonamides is 1. The lowest BCUT2D eigenvalue weighted by Gasteiger charge is -2.27. The Hall–Kier alpha value is -1.11. The zero-order valence-corrected chi connectivity index (χ0v) is 12.9. The van der Waals surface area contributed by atoms with Crippen molar-refractivity contribution < 1.29 is 8.42 Å². The third-order valence-corrected chi connectivity index (χ3v) is 5.60. The third kappa shape index (κ3) is 3.71. The molecule has 1 aromatic rings. The van der Waals surface area contributed by atoms with E-state index in [9.17, 15) is 8.42 Å². The van der Waals surface area contributed by atoms with Gasteiger partial charge >= 0.3 is 0 Å². The van der Waals surface area contributed by atoms with Crippen LogP contribution in [0.4, 0.5) is 5.69 Å². The number of nitrogen functional groups attached to an aromatic ring is 1. The minimum absolute atomic E-state index is 0.00793. The number of nitrogens with two attached hydrogens (primary N) is 1. The number of anilines is 1. The predicted octanol–water partition coefficient (Wildman–Crippen LogP) is 1.12. The molecule has 1 heterocycles. The summed E-state index contributed by atoms with van der Waals surface area (Å²) in [5.74, 6) is 0.0199. The predicted molar refractivity (Wildman–Crippen MR) is 81.8 cm³/mol. The Labute approximate surface area is 121 Å². The highest BCUT2D eigenvalue weighted by Crippen LogP contribution is 2.18. The van der Waals surface area contributed by atoms with E-state index in [2.05, 4.69) is 4.90 Å². The summed E-state index contributed by atoms with van der Waals surface area (Å²) in [4.78, 5) is 2.18. The highest BCUT2D eigenvalue weighted by molar-refractivity contribution is 7.88. The summed E-state index contributed by atoms with van der Waals surface area (Å²) in [5.41, 5.74) is 7.05. The minimum Gasteiger partial charge on any atom is -0.399 e. The van der Waals surface area contributed by atoms with Crippen LogP contribution in [0.3, 0.4) is 0 Å². The zero-order valence-electron chi connectivity index (χ0n) is 12.1. The second kappa shape index (κ2) is 6.11. The van der Waals surface area contributed by atoms with Crippen LogP contribution in [0.5, 0.6) is 0 Å².